The van der Waals surface area contributed by atoms with E-state index in [1.54, 1.807) is 0 Å². The van der Waals surface area contributed by atoms with Gasteiger partial charge in [-0.1, -0.05) is 23.7 Å². The van der Waals surface area contributed by atoms with Gasteiger partial charge >= 0.3 is 12.5 Å². The Morgan fingerprint density at radius 3 is 2.14 bits per heavy atom. The predicted octanol–water partition coefficient (Wildman–Crippen LogP) is 5.32. The maximum Gasteiger partial charge on any atom is 0.573 e. The molecule has 0 saturated heterocycles. The first-order valence-electron chi connectivity index (χ1n) is 5.67. The molecule has 2 aromatic rings. The molecule has 0 N–H and O–H groups in total. The zero-order valence-corrected chi connectivity index (χ0v) is 11.2. The lowest BCUT2D eigenvalue weighted by Gasteiger charge is -2.14. The smallest absolute Gasteiger partial charge is 0.405 e. The molecule has 0 atom stereocenters. The van der Waals surface area contributed by atoms with E-state index >= 15 is 0 Å². The van der Waals surface area contributed by atoms with Crippen LogP contribution in [0.1, 0.15) is 5.69 Å². The maximum atomic E-state index is 12.7. The van der Waals surface area contributed by atoms with Crippen LogP contribution in [0.5, 0.6) is 5.75 Å². The number of hydrogen-bond acceptors (Lipinski definition) is 2. The first-order valence-corrected chi connectivity index (χ1v) is 6.04. The molecule has 0 radical (unpaired) electrons. The Hall–Kier alpha value is -1.96. The van der Waals surface area contributed by atoms with Crippen LogP contribution in [0.15, 0.2) is 36.4 Å². The molecule has 0 fully saturated rings. The highest BCUT2D eigenvalue weighted by Gasteiger charge is 2.35. The fourth-order valence-electron chi connectivity index (χ4n) is 1.66. The highest BCUT2D eigenvalue weighted by Crippen LogP contribution is 2.38. The van der Waals surface area contributed by atoms with Crippen LogP contribution < -0.4 is 4.74 Å². The summed E-state index contributed by atoms with van der Waals surface area (Å²) in [5.41, 5.74) is -2.01. The second-order valence-corrected chi connectivity index (χ2v) is 4.48. The van der Waals surface area contributed by atoms with Crippen LogP contribution in [-0.4, -0.2) is 11.3 Å². The van der Waals surface area contributed by atoms with Crippen molar-refractivity contribution in [3.63, 3.8) is 0 Å². The minimum Gasteiger partial charge on any atom is -0.405 e. The Morgan fingerprint density at radius 2 is 1.55 bits per heavy atom. The molecule has 2 rings (SSSR count). The average molecular weight is 342 g/mol. The Labute approximate surface area is 125 Å². The highest BCUT2D eigenvalue weighted by atomic mass is 35.5. The van der Waals surface area contributed by atoms with E-state index in [2.05, 4.69) is 9.72 Å². The molecular weight excluding hydrogens is 336 g/mol. The minimum atomic E-state index is -5.00. The van der Waals surface area contributed by atoms with Gasteiger partial charge in [-0.25, -0.2) is 4.98 Å². The van der Waals surface area contributed by atoms with E-state index < -0.39 is 29.7 Å². The Kier molecular flexibility index (Phi) is 4.23. The standard InChI is InChI=1S/C13H6ClF6NO/c14-8-5-6-10(12(15,16)17)21-11(8)7-3-1-2-4-9(7)22-13(18,19)20/h1-6H. The molecule has 0 bridgehead atoms. The summed E-state index contributed by atoms with van der Waals surface area (Å²) in [4.78, 5) is 3.30. The van der Waals surface area contributed by atoms with E-state index in [9.17, 15) is 26.3 Å². The average Bonchev–Trinajstić information content (AvgIpc) is 2.37. The lowest BCUT2D eigenvalue weighted by atomic mass is 10.1. The molecule has 0 aliphatic carbocycles. The summed E-state index contributed by atoms with van der Waals surface area (Å²) < 4.78 is 78.8. The topological polar surface area (TPSA) is 22.1 Å². The van der Waals surface area contributed by atoms with E-state index in [0.29, 0.717) is 6.07 Å². The van der Waals surface area contributed by atoms with Gasteiger partial charge < -0.3 is 4.74 Å². The van der Waals surface area contributed by atoms with Crippen molar-refractivity contribution in [2.75, 3.05) is 0 Å². The number of para-hydroxylation sites is 1. The summed E-state index contributed by atoms with van der Waals surface area (Å²) in [6, 6.07) is 6.22. The number of halogens is 7. The SMILES string of the molecule is FC(F)(F)Oc1ccccc1-c1nc(C(F)(F)F)ccc1Cl. The van der Waals surface area contributed by atoms with Gasteiger partial charge in [-0.3, -0.25) is 0 Å². The summed E-state index contributed by atoms with van der Waals surface area (Å²) in [5, 5.41) is -0.230. The lowest BCUT2D eigenvalue weighted by Crippen LogP contribution is -2.17. The van der Waals surface area contributed by atoms with E-state index in [0.717, 1.165) is 18.2 Å². The molecule has 0 spiro atoms. The normalized spacial score (nSPS) is 12.3. The summed E-state index contributed by atoms with van der Waals surface area (Å²) in [6.45, 7) is 0. The molecular formula is C13H6ClF6NO. The zero-order valence-electron chi connectivity index (χ0n) is 10.5. The molecule has 1 aromatic carbocycles. The summed E-state index contributed by atoms with van der Waals surface area (Å²) in [7, 11) is 0. The molecule has 0 saturated carbocycles. The van der Waals surface area contributed by atoms with Crippen molar-refractivity contribution < 1.29 is 31.1 Å². The Balaban J connectivity index is 2.57. The van der Waals surface area contributed by atoms with Crippen LogP contribution >= 0.6 is 11.6 Å². The van der Waals surface area contributed by atoms with Crippen molar-refractivity contribution >= 4 is 11.6 Å². The maximum absolute atomic E-state index is 12.7. The Morgan fingerprint density at radius 1 is 0.909 bits per heavy atom. The number of alkyl halides is 6. The Bertz CT molecular complexity index is 683. The van der Waals surface area contributed by atoms with Crippen molar-refractivity contribution in [1.29, 1.82) is 0 Å². The number of aromatic nitrogens is 1. The van der Waals surface area contributed by atoms with Gasteiger partial charge in [0.05, 0.1) is 10.7 Å². The first kappa shape index (κ1) is 16.4. The summed E-state index contributed by atoms with van der Waals surface area (Å²) >= 11 is 5.76. The molecule has 0 aliphatic rings. The third-order valence-electron chi connectivity index (χ3n) is 2.50. The van der Waals surface area contributed by atoms with Crippen molar-refractivity contribution in [3.05, 3.63) is 47.1 Å². The molecule has 0 amide bonds. The first-order chi connectivity index (χ1) is 10.1. The van der Waals surface area contributed by atoms with Crippen LogP contribution in [0.3, 0.4) is 0 Å². The largest absolute Gasteiger partial charge is 0.573 e. The van der Waals surface area contributed by atoms with Crippen molar-refractivity contribution in [2.45, 2.75) is 12.5 Å². The van der Waals surface area contributed by atoms with Gasteiger partial charge in [0.25, 0.3) is 0 Å². The van der Waals surface area contributed by atoms with Crippen LogP contribution in [-0.2, 0) is 6.18 Å². The number of nitrogens with zero attached hydrogens (tertiary/aromatic N) is 1. The number of benzene rings is 1. The summed E-state index contributed by atoms with van der Waals surface area (Å²) in [5.74, 6) is -0.691. The molecule has 118 valence electrons. The number of hydrogen-bond donors (Lipinski definition) is 0. The molecule has 0 unspecified atom stereocenters. The fourth-order valence-corrected chi connectivity index (χ4v) is 1.87. The van der Waals surface area contributed by atoms with Gasteiger partial charge in [-0.05, 0) is 24.3 Å². The van der Waals surface area contributed by atoms with Gasteiger partial charge in [0.15, 0.2) is 0 Å². The van der Waals surface area contributed by atoms with Gasteiger partial charge in [0.2, 0.25) is 0 Å². The van der Waals surface area contributed by atoms with Crippen LogP contribution in [0, 0.1) is 0 Å². The lowest BCUT2D eigenvalue weighted by molar-refractivity contribution is -0.274. The van der Waals surface area contributed by atoms with Gasteiger partial charge in [0.1, 0.15) is 11.4 Å². The third kappa shape index (κ3) is 3.82. The monoisotopic (exact) mass is 341 g/mol. The molecule has 0 aliphatic heterocycles. The minimum absolute atomic E-state index is 0.230. The second kappa shape index (κ2) is 5.68. The van der Waals surface area contributed by atoms with Gasteiger partial charge in [-0.2, -0.15) is 13.2 Å². The zero-order chi connectivity index (χ0) is 16.5. The predicted molar refractivity (Wildman–Crippen MR) is 66.4 cm³/mol. The van der Waals surface area contributed by atoms with E-state index in [1.807, 2.05) is 0 Å². The number of ether oxygens (including phenoxy) is 1. The van der Waals surface area contributed by atoms with Crippen molar-refractivity contribution in [3.8, 4) is 17.0 Å². The highest BCUT2D eigenvalue weighted by molar-refractivity contribution is 6.33. The van der Waals surface area contributed by atoms with Crippen LogP contribution in [0.2, 0.25) is 5.02 Å². The van der Waals surface area contributed by atoms with E-state index in [1.165, 1.54) is 12.1 Å². The molecule has 2 nitrogen and oxygen atoms in total. The van der Waals surface area contributed by atoms with Gasteiger partial charge in [-0.15, -0.1) is 13.2 Å². The second-order valence-electron chi connectivity index (χ2n) is 4.07. The van der Waals surface area contributed by atoms with Crippen molar-refractivity contribution in [2.24, 2.45) is 0 Å². The van der Waals surface area contributed by atoms with Gasteiger partial charge in [0, 0.05) is 5.56 Å². The third-order valence-corrected chi connectivity index (χ3v) is 2.81. The van der Waals surface area contributed by atoms with Crippen LogP contribution in [0.25, 0.3) is 11.3 Å². The summed E-state index contributed by atoms with van der Waals surface area (Å²) in [6.07, 6.45) is -9.75. The quantitative estimate of drug-likeness (QED) is 0.690. The molecule has 1 heterocycles. The molecule has 1 aromatic heterocycles. The van der Waals surface area contributed by atoms with Crippen LogP contribution in [0.4, 0.5) is 26.3 Å². The molecule has 22 heavy (non-hydrogen) atoms. The van der Waals surface area contributed by atoms with E-state index in [4.69, 9.17) is 11.6 Å². The number of rotatable bonds is 2. The number of pyridine rings is 1. The van der Waals surface area contributed by atoms with Crippen molar-refractivity contribution in [1.82, 2.24) is 4.98 Å². The fraction of sp³-hybridized carbons (Fsp3) is 0.154. The molecule has 9 heteroatoms. The van der Waals surface area contributed by atoms with E-state index in [-0.39, 0.29) is 10.6 Å².